The van der Waals surface area contributed by atoms with Gasteiger partial charge in [-0.05, 0) is 38.1 Å². The van der Waals surface area contributed by atoms with Gasteiger partial charge in [-0.1, -0.05) is 6.07 Å². The van der Waals surface area contributed by atoms with Gasteiger partial charge in [-0.3, -0.25) is 4.79 Å². The van der Waals surface area contributed by atoms with Crippen molar-refractivity contribution in [3.8, 4) is 0 Å². The highest BCUT2D eigenvalue weighted by Gasteiger charge is 2.42. The second-order valence-corrected chi connectivity index (χ2v) is 10.5. The van der Waals surface area contributed by atoms with E-state index in [0.717, 1.165) is 17.3 Å². The third-order valence-electron chi connectivity index (χ3n) is 5.41. The van der Waals surface area contributed by atoms with Gasteiger partial charge in [0.1, 0.15) is 21.9 Å². The Morgan fingerprint density at radius 3 is 2.55 bits per heavy atom. The molecule has 156 valence electrons. The van der Waals surface area contributed by atoms with Crippen LogP contribution in [0.3, 0.4) is 0 Å². The molecule has 0 radical (unpaired) electrons. The van der Waals surface area contributed by atoms with Crippen molar-refractivity contribution in [2.75, 3.05) is 37.6 Å². The minimum Gasteiger partial charge on any atom is -0.353 e. The highest BCUT2D eigenvalue weighted by atomic mass is 32.2. The minimum atomic E-state index is -3.61. The molecule has 10 heteroatoms. The molecule has 4 rings (SSSR count). The van der Waals surface area contributed by atoms with Crippen LogP contribution in [0.5, 0.6) is 0 Å². The number of hydrogen-bond acceptors (Lipinski definition) is 7. The van der Waals surface area contributed by atoms with Crippen molar-refractivity contribution in [3.05, 3.63) is 35.1 Å². The van der Waals surface area contributed by atoms with E-state index < -0.39 is 16.1 Å². The number of thiophene rings is 1. The number of nitrogens with zero attached hydrogens (tertiary/aromatic N) is 5. The van der Waals surface area contributed by atoms with Gasteiger partial charge in [0.05, 0.1) is 0 Å². The zero-order valence-corrected chi connectivity index (χ0v) is 18.2. The first-order valence-electron chi connectivity index (χ1n) is 9.77. The molecule has 4 heterocycles. The predicted molar refractivity (Wildman–Crippen MR) is 112 cm³/mol. The van der Waals surface area contributed by atoms with Gasteiger partial charge in [-0.25, -0.2) is 18.4 Å². The Hall–Kier alpha value is -2.04. The Morgan fingerprint density at radius 1 is 1.14 bits per heavy atom. The summed E-state index contributed by atoms with van der Waals surface area (Å²) in [6.07, 6.45) is 1.29. The number of rotatable bonds is 4. The lowest BCUT2D eigenvalue weighted by Crippen LogP contribution is -2.54. The Kier molecular flexibility index (Phi) is 5.58. The molecule has 1 unspecified atom stereocenters. The van der Waals surface area contributed by atoms with E-state index in [2.05, 4.69) is 14.9 Å². The summed E-state index contributed by atoms with van der Waals surface area (Å²) in [5.41, 5.74) is 0.923. The summed E-state index contributed by atoms with van der Waals surface area (Å²) >= 11 is 1.19. The fourth-order valence-electron chi connectivity index (χ4n) is 4.03. The van der Waals surface area contributed by atoms with E-state index in [4.69, 9.17) is 0 Å². The minimum absolute atomic E-state index is 0.0858. The molecule has 1 atom stereocenters. The molecule has 0 aromatic carbocycles. The van der Waals surface area contributed by atoms with Crippen molar-refractivity contribution in [2.45, 2.75) is 36.9 Å². The maximum atomic E-state index is 13.2. The van der Waals surface area contributed by atoms with Gasteiger partial charge in [0.25, 0.3) is 10.0 Å². The molecule has 1 amide bonds. The van der Waals surface area contributed by atoms with Crippen LogP contribution in [0, 0.1) is 13.8 Å². The van der Waals surface area contributed by atoms with Gasteiger partial charge >= 0.3 is 0 Å². The van der Waals surface area contributed by atoms with Crippen LogP contribution >= 0.6 is 11.3 Å². The summed E-state index contributed by atoms with van der Waals surface area (Å²) in [5.74, 6) is 1.53. The fourth-order valence-corrected chi connectivity index (χ4v) is 6.80. The van der Waals surface area contributed by atoms with Gasteiger partial charge in [0, 0.05) is 44.5 Å². The van der Waals surface area contributed by atoms with Gasteiger partial charge < -0.3 is 9.80 Å². The van der Waals surface area contributed by atoms with Crippen LogP contribution in [0.1, 0.15) is 24.4 Å². The van der Waals surface area contributed by atoms with Gasteiger partial charge in [0.2, 0.25) is 5.91 Å². The number of aryl methyl sites for hydroxylation is 2. The van der Waals surface area contributed by atoms with Gasteiger partial charge in [0.15, 0.2) is 0 Å². The molecule has 29 heavy (non-hydrogen) atoms. The van der Waals surface area contributed by atoms with Gasteiger partial charge in [-0.15, -0.1) is 11.3 Å². The Labute approximate surface area is 175 Å². The normalized spacial score (nSPS) is 21.0. The largest absolute Gasteiger partial charge is 0.353 e. The fraction of sp³-hybridized carbons (Fsp3) is 0.526. The molecular weight excluding hydrogens is 410 g/mol. The summed E-state index contributed by atoms with van der Waals surface area (Å²) in [5, 5.41) is 1.75. The van der Waals surface area contributed by atoms with E-state index in [1.165, 1.54) is 15.6 Å². The molecular formula is C19H25N5O3S2. The Balaban J connectivity index is 1.44. The number of aromatic nitrogens is 2. The lowest BCUT2D eigenvalue weighted by molar-refractivity contribution is -0.134. The van der Waals surface area contributed by atoms with E-state index in [0.29, 0.717) is 49.8 Å². The number of carbonyl (C=O) groups excluding carboxylic acids is 1. The zero-order chi connectivity index (χ0) is 20.6. The summed E-state index contributed by atoms with van der Waals surface area (Å²) in [7, 11) is -3.61. The lowest BCUT2D eigenvalue weighted by atomic mass is 10.2. The highest BCUT2D eigenvalue weighted by molar-refractivity contribution is 7.91. The third kappa shape index (κ3) is 4.01. The number of carbonyl (C=O) groups is 1. The smallest absolute Gasteiger partial charge is 0.253 e. The van der Waals surface area contributed by atoms with Crippen molar-refractivity contribution in [3.63, 3.8) is 0 Å². The lowest BCUT2D eigenvalue weighted by Gasteiger charge is -2.37. The topological polar surface area (TPSA) is 86.7 Å². The molecule has 8 nitrogen and oxygen atoms in total. The van der Waals surface area contributed by atoms with Crippen molar-refractivity contribution in [2.24, 2.45) is 0 Å². The van der Waals surface area contributed by atoms with Crippen LogP contribution in [-0.2, 0) is 14.8 Å². The number of anilines is 1. The second-order valence-electron chi connectivity index (χ2n) is 7.43. The summed E-state index contributed by atoms with van der Waals surface area (Å²) in [4.78, 5) is 25.9. The first-order chi connectivity index (χ1) is 13.9. The Morgan fingerprint density at radius 2 is 1.90 bits per heavy atom. The van der Waals surface area contributed by atoms with E-state index in [1.807, 2.05) is 19.9 Å². The molecule has 0 N–H and O–H groups in total. The molecule has 0 aliphatic carbocycles. The average Bonchev–Trinajstić information content (AvgIpc) is 3.39. The van der Waals surface area contributed by atoms with Crippen molar-refractivity contribution < 1.29 is 13.2 Å². The van der Waals surface area contributed by atoms with Crippen LogP contribution in [-0.4, -0.2) is 72.3 Å². The van der Waals surface area contributed by atoms with Crippen molar-refractivity contribution in [1.82, 2.24) is 19.2 Å². The maximum absolute atomic E-state index is 13.2. The van der Waals surface area contributed by atoms with Crippen LogP contribution in [0.4, 0.5) is 5.82 Å². The number of piperazine rings is 1. The van der Waals surface area contributed by atoms with Crippen LogP contribution in [0.25, 0.3) is 0 Å². The molecule has 0 spiro atoms. The van der Waals surface area contributed by atoms with E-state index >= 15 is 0 Å². The van der Waals surface area contributed by atoms with E-state index in [9.17, 15) is 13.2 Å². The van der Waals surface area contributed by atoms with Crippen LogP contribution < -0.4 is 4.90 Å². The van der Waals surface area contributed by atoms with Crippen molar-refractivity contribution >= 4 is 33.1 Å². The highest BCUT2D eigenvalue weighted by Crippen LogP contribution is 2.29. The Bertz CT molecular complexity index is 965. The number of sulfonamides is 1. The first-order valence-corrected chi connectivity index (χ1v) is 12.1. The quantitative estimate of drug-likeness (QED) is 0.726. The number of hydrogen-bond donors (Lipinski definition) is 0. The maximum Gasteiger partial charge on any atom is 0.253 e. The number of amides is 1. The molecule has 2 saturated heterocycles. The summed E-state index contributed by atoms with van der Waals surface area (Å²) < 4.78 is 27.6. The average molecular weight is 436 g/mol. The van der Waals surface area contributed by atoms with Gasteiger partial charge in [-0.2, -0.15) is 4.31 Å². The van der Waals surface area contributed by atoms with E-state index in [-0.39, 0.29) is 5.91 Å². The monoisotopic (exact) mass is 435 g/mol. The molecule has 2 aromatic heterocycles. The van der Waals surface area contributed by atoms with E-state index in [1.54, 1.807) is 22.4 Å². The third-order valence-corrected chi connectivity index (χ3v) is 8.70. The molecule has 2 aliphatic heterocycles. The second kappa shape index (κ2) is 8.00. The molecule has 0 bridgehead atoms. The van der Waals surface area contributed by atoms with Crippen LogP contribution in [0.2, 0.25) is 0 Å². The van der Waals surface area contributed by atoms with Crippen molar-refractivity contribution in [1.29, 1.82) is 0 Å². The molecule has 2 aromatic rings. The zero-order valence-electron chi connectivity index (χ0n) is 16.6. The predicted octanol–water partition coefficient (Wildman–Crippen LogP) is 1.66. The molecule has 0 saturated carbocycles. The standard InChI is InChI=1S/C19H25N5O3S2/c1-14-13-17(21-15(2)20-14)22-8-10-23(11-9-22)19(25)16-5-3-7-24(16)29(26,27)18-6-4-12-28-18/h4,6,12-13,16H,3,5,7-11H2,1-2H3. The SMILES string of the molecule is Cc1cc(N2CCN(C(=O)C3CCCN3S(=O)(=O)c3cccs3)CC2)nc(C)n1. The summed E-state index contributed by atoms with van der Waals surface area (Å²) in [6, 6.07) is 4.68. The van der Waals surface area contributed by atoms with Crippen LogP contribution in [0.15, 0.2) is 27.8 Å². The first kappa shape index (κ1) is 20.2. The molecule has 2 aliphatic rings. The molecule has 2 fully saturated rings. The summed E-state index contributed by atoms with van der Waals surface area (Å²) in [6.45, 7) is 6.68.